The molecular formula is C13H18N4S. The molecule has 1 atom stereocenters. The van der Waals surface area contributed by atoms with Crippen molar-refractivity contribution in [3.05, 3.63) is 40.5 Å². The third-order valence-corrected chi connectivity index (χ3v) is 3.60. The molecule has 0 radical (unpaired) electrons. The number of rotatable bonds is 5. The van der Waals surface area contributed by atoms with Crippen LogP contribution in [0.2, 0.25) is 0 Å². The number of pyridine rings is 1. The number of anilines is 1. The summed E-state index contributed by atoms with van der Waals surface area (Å²) in [6.07, 6.45) is 1.83. The number of hydrogen-bond donors (Lipinski definition) is 1. The highest BCUT2D eigenvalue weighted by atomic mass is 32.1. The first-order valence-electron chi connectivity index (χ1n) is 5.92. The number of hydrogen-bond acceptors (Lipinski definition) is 5. The molecule has 0 fully saturated rings. The Balaban J connectivity index is 2.21. The van der Waals surface area contributed by atoms with E-state index in [-0.39, 0.29) is 6.04 Å². The first kappa shape index (κ1) is 13.0. The fraction of sp³-hybridized carbons (Fsp3) is 0.385. The Morgan fingerprint density at radius 2 is 2.28 bits per heavy atom. The Morgan fingerprint density at radius 3 is 2.94 bits per heavy atom. The highest BCUT2D eigenvalue weighted by Crippen LogP contribution is 2.23. The van der Waals surface area contributed by atoms with Gasteiger partial charge in [0.25, 0.3) is 0 Å². The van der Waals surface area contributed by atoms with Crippen molar-refractivity contribution in [2.24, 2.45) is 0 Å². The summed E-state index contributed by atoms with van der Waals surface area (Å²) in [4.78, 5) is 10.9. The molecule has 0 spiro atoms. The van der Waals surface area contributed by atoms with Gasteiger partial charge in [-0.3, -0.25) is 0 Å². The molecule has 1 unspecified atom stereocenters. The molecule has 2 rings (SSSR count). The first-order valence-corrected chi connectivity index (χ1v) is 6.87. The molecule has 2 aromatic heterocycles. The van der Waals surface area contributed by atoms with E-state index in [1.54, 1.807) is 11.3 Å². The van der Waals surface area contributed by atoms with Crippen LogP contribution in [-0.2, 0) is 6.54 Å². The minimum Gasteiger partial charge on any atom is -0.353 e. The van der Waals surface area contributed by atoms with Crippen LogP contribution >= 0.6 is 11.3 Å². The molecule has 0 aromatic carbocycles. The van der Waals surface area contributed by atoms with Gasteiger partial charge in [-0.2, -0.15) is 0 Å². The number of nitrogens with one attached hydrogen (secondary N) is 1. The van der Waals surface area contributed by atoms with Crippen molar-refractivity contribution in [3.63, 3.8) is 0 Å². The van der Waals surface area contributed by atoms with Gasteiger partial charge in [-0.1, -0.05) is 6.07 Å². The molecule has 18 heavy (non-hydrogen) atoms. The van der Waals surface area contributed by atoms with Crippen LogP contribution in [0.25, 0.3) is 0 Å². The van der Waals surface area contributed by atoms with Crippen LogP contribution in [0.15, 0.2) is 29.2 Å². The molecule has 0 aliphatic heterocycles. The van der Waals surface area contributed by atoms with Gasteiger partial charge in [-0.25, -0.2) is 9.97 Å². The molecule has 96 valence electrons. The summed E-state index contributed by atoms with van der Waals surface area (Å²) in [5.74, 6) is 1.01. The topological polar surface area (TPSA) is 41.1 Å². The second-order valence-electron chi connectivity index (χ2n) is 4.26. The summed E-state index contributed by atoms with van der Waals surface area (Å²) in [6.45, 7) is 2.92. The van der Waals surface area contributed by atoms with Crippen molar-refractivity contribution >= 4 is 17.2 Å². The molecule has 0 amide bonds. The van der Waals surface area contributed by atoms with E-state index in [1.807, 2.05) is 31.9 Å². The molecule has 0 saturated heterocycles. The summed E-state index contributed by atoms with van der Waals surface area (Å²) in [6, 6.07) is 4.37. The summed E-state index contributed by atoms with van der Waals surface area (Å²) in [7, 11) is 4.01. The van der Waals surface area contributed by atoms with Crippen LogP contribution in [0.5, 0.6) is 0 Å². The van der Waals surface area contributed by atoms with Crippen LogP contribution in [-0.4, -0.2) is 24.1 Å². The lowest BCUT2D eigenvalue weighted by atomic mass is 10.1. The normalized spacial score (nSPS) is 12.4. The Labute approximate surface area is 112 Å². The van der Waals surface area contributed by atoms with E-state index in [9.17, 15) is 0 Å². The highest BCUT2D eigenvalue weighted by molar-refractivity contribution is 7.07. The molecule has 0 aliphatic carbocycles. The Morgan fingerprint density at radius 1 is 1.44 bits per heavy atom. The Hall–Kier alpha value is -1.46. The van der Waals surface area contributed by atoms with E-state index in [1.165, 1.54) is 5.56 Å². The maximum atomic E-state index is 4.49. The minimum absolute atomic E-state index is 0.284. The zero-order chi connectivity index (χ0) is 13.0. The largest absolute Gasteiger partial charge is 0.353 e. The quantitative estimate of drug-likeness (QED) is 0.898. The van der Waals surface area contributed by atoms with Crippen molar-refractivity contribution in [2.45, 2.75) is 19.5 Å². The standard InChI is InChI=1S/C13H18N4S/c1-10(14-2)12-5-4-6-15-13(12)17(3)7-11-8-18-9-16-11/h4-6,8-10,14H,7H2,1-3H3. The minimum atomic E-state index is 0.284. The highest BCUT2D eigenvalue weighted by Gasteiger charge is 2.13. The average molecular weight is 262 g/mol. The van der Waals surface area contributed by atoms with Gasteiger partial charge in [0.2, 0.25) is 0 Å². The number of nitrogens with zero attached hydrogens (tertiary/aromatic N) is 3. The number of thiazole rings is 1. The second-order valence-corrected chi connectivity index (χ2v) is 4.98. The van der Waals surface area contributed by atoms with Gasteiger partial charge in [0, 0.05) is 30.2 Å². The Kier molecular flexibility index (Phi) is 4.28. The van der Waals surface area contributed by atoms with Gasteiger partial charge in [-0.15, -0.1) is 11.3 Å². The molecule has 0 aliphatic rings. The lowest BCUT2D eigenvalue weighted by Gasteiger charge is -2.22. The van der Waals surface area contributed by atoms with E-state index in [0.29, 0.717) is 0 Å². The third-order valence-electron chi connectivity index (χ3n) is 2.96. The maximum Gasteiger partial charge on any atom is 0.133 e. The summed E-state index contributed by atoms with van der Waals surface area (Å²) >= 11 is 1.62. The average Bonchev–Trinajstić information content (AvgIpc) is 2.90. The van der Waals surface area contributed by atoms with Crippen LogP contribution < -0.4 is 10.2 Å². The lowest BCUT2D eigenvalue weighted by Crippen LogP contribution is -2.22. The Bertz CT molecular complexity index is 483. The van der Waals surface area contributed by atoms with Crippen molar-refractivity contribution in [1.82, 2.24) is 15.3 Å². The molecule has 2 heterocycles. The van der Waals surface area contributed by atoms with Gasteiger partial charge in [0.1, 0.15) is 5.82 Å². The van der Waals surface area contributed by atoms with E-state index in [2.05, 4.69) is 38.6 Å². The smallest absolute Gasteiger partial charge is 0.133 e. The van der Waals surface area contributed by atoms with Gasteiger partial charge in [-0.05, 0) is 20.0 Å². The SMILES string of the molecule is CNC(C)c1cccnc1N(C)Cc1cscn1. The maximum absolute atomic E-state index is 4.49. The third kappa shape index (κ3) is 2.86. The van der Waals surface area contributed by atoms with E-state index in [4.69, 9.17) is 0 Å². The molecule has 0 bridgehead atoms. The second kappa shape index (κ2) is 5.93. The van der Waals surface area contributed by atoms with Crippen molar-refractivity contribution < 1.29 is 0 Å². The van der Waals surface area contributed by atoms with Crippen molar-refractivity contribution in [2.75, 3.05) is 19.0 Å². The summed E-state index contributed by atoms with van der Waals surface area (Å²) < 4.78 is 0. The molecule has 5 heteroatoms. The molecule has 4 nitrogen and oxygen atoms in total. The van der Waals surface area contributed by atoms with E-state index >= 15 is 0 Å². The summed E-state index contributed by atoms with van der Waals surface area (Å²) in [5, 5.41) is 5.33. The van der Waals surface area contributed by atoms with Gasteiger partial charge in [0.15, 0.2) is 0 Å². The van der Waals surface area contributed by atoms with Crippen molar-refractivity contribution in [1.29, 1.82) is 0 Å². The predicted octanol–water partition coefficient (Wildman–Crippen LogP) is 2.45. The van der Waals surface area contributed by atoms with Crippen LogP contribution in [0, 0.1) is 0 Å². The summed E-state index contributed by atoms with van der Waals surface area (Å²) in [5.41, 5.74) is 4.15. The van der Waals surface area contributed by atoms with Crippen LogP contribution in [0.1, 0.15) is 24.2 Å². The monoisotopic (exact) mass is 262 g/mol. The fourth-order valence-electron chi connectivity index (χ4n) is 1.86. The zero-order valence-corrected chi connectivity index (χ0v) is 11.7. The predicted molar refractivity (Wildman–Crippen MR) is 75.9 cm³/mol. The molecule has 2 aromatic rings. The molecular weight excluding hydrogens is 244 g/mol. The van der Waals surface area contributed by atoms with Crippen molar-refractivity contribution in [3.8, 4) is 0 Å². The van der Waals surface area contributed by atoms with E-state index in [0.717, 1.165) is 18.1 Å². The first-order chi connectivity index (χ1) is 8.72. The fourth-order valence-corrected chi connectivity index (χ4v) is 2.40. The lowest BCUT2D eigenvalue weighted by molar-refractivity contribution is 0.646. The number of aromatic nitrogens is 2. The zero-order valence-electron chi connectivity index (χ0n) is 10.9. The van der Waals surface area contributed by atoms with Gasteiger partial charge < -0.3 is 10.2 Å². The van der Waals surface area contributed by atoms with Gasteiger partial charge in [0.05, 0.1) is 17.7 Å². The molecule has 0 saturated carbocycles. The van der Waals surface area contributed by atoms with Crippen LogP contribution in [0.3, 0.4) is 0 Å². The van der Waals surface area contributed by atoms with E-state index < -0.39 is 0 Å². The van der Waals surface area contributed by atoms with Gasteiger partial charge >= 0.3 is 0 Å². The van der Waals surface area contributed by atoms with Crippen LogP contribution in [0.4, 0.5) is 5.82 Å². The molecule has 1 N–H and O–H groups in total.